The van der Waals surface area contributed by atoms with Gasteiger partial charge in [-0.1, -0.05) is 0 Å². The quantitative estimate of drug-likeness (QED) is 0.504. The van der Waals surface area contributed by atoms with Gasteiger partial charge < -0.3 is 9.64 Å². The number of sulfonamides is 1. The van der Waals surface area contributed by atoms with Crippen LogP contribution in [0.4, 0.5) is 5.69 Å². The molecule has 148 valence electrons. The van der Waals surface area contributed by atoms with Gasteiger partial charge in [0.1, 0.15) is 16.7 Å². The molecular formula is C15H19N3O6S3. The monoisotopic (exact) mass is 433 g/mol. The summed E-state index contributed by atoms with van der Waals surface area (Å²) in [6.07, 6.45) is 0. The number of non-ortho nitro benzene ring substituents is 1. The smallest absolute Gasteiger partial charge is 0.273 e. The van der Waals surface area contributed by atoms with Crippen molar-refractivity contribution in [2.45, 2.75) is 10.9 Å². The summed E-state index contributed by atoms with van der Waals surface area (Å²) in [7, 11) is -2.79. The van der Waals surface area contributed by atoms with Crippen molar-refractivity contribution < 1.29 is 22.9 Å². The van der Waals surface area contributed by atoms with Gasteiger partial charge in [-0.25, -0.2) is 8.42 Å². The molecule has 0 aromatic heterocycles. The molecule has 2 fully saturated rings. The highest BCUT2D eigenvalue weighted by atomic mass is 32.2. The first-order chi connectivity index (χ1) is 12.9. The molecule has 2 aliphatic heterocycles. The second-order valence-electron chi connectivity index (χ2n) is 5.94. The minimum Gasteiger partial charge on any atom is -0.495 e. The van der Waals surface area contributed by atoms with E-state index in [9.17, 15) is 23.3 Å². The Labute approximate surface area is 165 Å². The average molecular weight is 434 g/mol. The number of ether oxygens (including phenoxy) is 1. The van der Waals surface area contributed by atoms with Crippen molar-refractivity contribution in [2.24, 2.45) is 0 Å². The Balaban J connectivity index is 1.91. The third-order valence-electron chi connectivity index (χ3n) is 4.39. The molecular weight excluding hydrogens is 414 g/mol. The maximum absolute atomic E-state index is 13.2. The van der Waals surface area contributed by atoms with Crippen LogP contribution in [0.2, 0.25) is 0 Å². The molecule has 0 aliphatic carbocycles. The number of hydrogen-bond donors (Lipinski definition) is 0. The van der Waals surface area contributed by atoms with Gasteiger partial charge in [-0.2, -0.15) is 16.1 Å². The van der Waals surface area contributed by atoms with Crippen LogP contribution in [0.1, 0.15) is 0 Å². The number of benzene rings is 1. The molecule has 0 saturated carbocycles. The summed E-state index contributed by atoms with van der Waals surface area (Å²) in [5, 5.41) is 10.9. The minimum atomic E-state index is -4.04. The van der Waals surface area contributed by atoms with Crippen LogP contribution >= 0.6 is 23.5 Å². The number of nitro groups is 1. The van der Waals surface area contributed by atoms with Gasteiger partial charge in [0.2, 0.25) is 15.9 Å². The molecule has 1 amide bonds. The second kappa shape index (κ2) is 8.25. The molecule has 2 heterocycles. The van der Waals surface area contributed by atoms with Gasteiger partial charge in [-0.3, -0.25) is 14.9 Å². The number of amides is 1. The molecule has 1 aromatic rings. The summed E-state index contributed by atoms with van der Waals surface area (Å²) in [6, 6.07) is 2.59. The lowest BCUT2D eigenvalue weighted by Crippen LogP contribution is -2.51. The van der Waals surface area contributed by atoms with E-state index in [2.05, 4.69) is 0 Å². The Morgan fingerprint density at radius 2 is 2.00 bits per heavy atom. The fourth-order valence-corrected chi connectivity index (χ4v) is 7.14. The third-order valence-corrected chi connectivity index (χ3v) is 8.41. The highest BCUT2D eigenvalue weighted by molar-refractivity contribution is 8.00. The SMILES string of the molecule is COc1cc([N+](=O)[O-])ccc1S(=O)(=O)N1CSCC1C(=O)N1CCSCC1. The first kappa shape index (κ1) is 20.2. The van der Waals surface area contributed by atoms with Crippen LogP contribution < -0.4 is 4.74 Å². The van der Waals surface area contributed by atoms with Crippen molar-refractivity contribution in [1.82, 2.24) is 9.21 Å². The van der Waals surface area contributed by atoms with Gasteiger partial charge >= 0.3 is 0 Å². The van der Waals surface area contributed by atoms with Gasteiger partial charge in [0.25, 0.3) is 5.69 Å². The molecule has 0 spiro atoms. The second-order valence-corrected chi connectivity index (χ2v) is 10.0. The van der Waals surface area contributed by atoms with Crippen LogP contribution in [-0.4, -0.2) is 77.8 Å². The number of rotatable bonds is 5. The normalized spacial score (nSPS) is 21.2. The molecule has 0 radical (unpaired) electrons. The van der Waals surface area contributed by atoms with E-state index >= 15 is 0 Å². The van der Waals surface area contributed by atoms with E-state index < -0.39 is 21.0 Å². The average Bonchev–Trinajstić information content (AvgIpc) is 3.18. The van der Waals surface area contributed by atoms with E-state index in [-0.39, 0.29) is 28.1 Å². The lowest BCUT2D eigenvalue weighted by molar-refractivity contribution is -0.385. The first-order valence-electron chi connectivity index (χ1n) is 8.15. The highest BCUT2D eigenvalue weighted by Gasteiger charge is 2.43. The number of nitro benzene ring substituents is 1. The molecule has 0 bridgehead atoms. The molecule has 1 unspecified atom stereocenters. The molecule has 1 atom stereocenters. The lowest BCUT2D eigenvalue weighted by Gasteiger charge is -2.31. The van der Waals surface area contributed by atoms with Crippen molar-refractivity contribution in [1.29, 1.82) is 0 Å². The van der Waals surface area contributed by atoms with Gasteiger partial charge in [0.05, 0.1) is 24.0 Å². The third kappa shape index (κ3) is 4.03. The zero-order valence-corrected chi connectivity index (χ0v) is 17.0. The molecule has 1 aromatic carbocycles. The predicted molar refractivity (Wildman–Crippen MR) is 104 cm³/mol. The van der Waals surface area contributed by atoms with E-state index in [1.165, 1.54) is 23.2 Å². The Bertz CT molecular complexity index is 841. The van der Waals surface area contributed by atoms with Crippen molar-refractivity contribution in [3.05, 3.63) is 28.3 Å². The van der Waals surface area contributed by atoms with Crippen LogP contribution in [0.3, 0.4) is 0 Å². The number of methoxy groups -OCH3 is 1. The Morgan fingerprint density at radius 3 is 2.63 bits per heavy atom. The molecule has 2 aliphatic rings. The summed E-state index contributed by atoms with van der Waals surface area (Å²) in [5.74, 6) is 1.92. The largest absolute Gasteiger partial charge is 0.495 e. The number of carbonyl (C=O) groups is 1. The Hall–Kier alpha value is -1.50. The first-order valence-corrected chi connectivity index (χ1v) is 11.9. The molecule has 2 saturated heterocycles. The zero-order chi connectivity index (χ0) is 19.6. The Morgan fingerprint density at radius 1 is 1.30 bits per heavy atom. The Kier molecular flexibility index (Phi) is 6.18. The maximum atomic E-state index is 13.2. The number of thioether (sulfide) groups is 2. The van der Waals surface area contributed by atoms with Crippen LogP contribution in [0, 0.1) is 10.1 Å². The molecule has 27 heavy (non-hydrogen) atoms. The zero-order valence-electron chi connectivity index (χ0n) is 14.6. The summed E-state index contributed by atoms with van der Waals surface area (Å²) >= 11 is 3.14. The maximum Gasteiger partial charge on any atom is 0.273 e. The number of carbonyl (C=O) groups excluding carboxylic acids is 1. The molecule has 9 nitrogen and oxygen atoms in total. The van der Waals surface area contributed by atoms with Crippen molar-refractivity contribution in [3.63, 3.8) is 0 Å². The van der Waals surface area contributed by atoms with Gasteiger partial charge in [0, 0.05) is 36.4 Å². The van der Waals surface area contributed by atoms with Gasteiger partial charge in [0.15, 0.2) is 0 Å². The molecule has 3 rings (SSSR count). The fourth-order valence-electron chi connectivity index (χ4n) is 2.96. The van der Waals surface area contributed by atoms with Crippen molar-refractivity contribution in [3.8, 4) is 5.75 Å². The topological polar surface area (TPSA) is 110 Å². The van der Waals surface area contributed by atoms with E-state index in [4.69, 9.17) is 4.74 Å². The van der Waals surface area contributed by atoms with E-state index in [1.54, 1.807) is 16.7 Å². The fraction of sp³-hybridized carbons (Fsp3) is 0.533. The van der Waals surface area contributed by atoms with Crippen LogP contribution in [0.5, 0.6) is 5.75 Å². The highest BCUT2D eigenvalue weighted by Crippen LogP contribution is 2.35. The van der Waals surface area contributed by atoms with E-state index in [1.807, 2.05) is 0 Å². The van der Waals surface area contributed by atoms with Crippen LogP contribution in [0.25, 0.3) is 0 Å². The van der Waals surface area contributed by atoms with Gasteiger partial charge in [-0.05, 0) is 6.07 Å². The summed E-state index contributed by atoms with van der Waals surface area (Å²) in [6.45, 7) is 1.22. The predicted octanol–water partition coefficient (Wildman–Crippen LogP) is 1.24. The number of hydrogen-bond acceptors (Lipinski definition) is 8. The summed E-state index contributed by atoms with van der Waals surface area (Å²) < 4.78 is 32.6. The van der Waals surface area contributed by atoms with Crippen molar-refractivity contribution in [2.75, 3.05) is 43.3 Å². The lowest BCUT2D eigenvalue weighted by atomic mass is 10.3. The van der Waals surface area contributed by atoms with E-state index in [0.717, 1.165) is 29.7 Å². The summed E-state index contributed by atoms with van der Waals surface area (Å²) in [4.78, 5) is 24.7. The molecule has 0 N–H and O–H groups in total. The van der Waals surface area contributed by atoms with Crippen LogP contribution in [0.15, 0.2) is 23.1 Å². The molecule has 12 heteroatoms. The van der Waals surface area contributed by atoms with Crippen LogP contribution in [-0.2, 0) is 14.8 Å². The standard InChI is InChI=1S/C15H19N3O6S3/c1-24-13-8-11(18(20)21)2-3-14(13)27(22,23)17-10-26-9-12(17)15(19)16-4-6-25-7-5-16/h2-3,8,12H,4-7,9-10H2,1H3. The summed E-state index contributed by atoms with van der Waals surface area (Å²) in [5.41, 5.74) is -0.264. The number of nitrogens with zero attached hydrogens (tertiary/aromatic N) is 3. The van der Waals surface area contributed by atoms with E-state index in [0.29, 0.717) is 18.8 Å². The minimum absolute atomic E-state index is 0.110. The van der Waals surface area contributed by atoms with Crippen molar-refractivity contribution >= 4 is 45.1 Å². The van der Waals surface area contributed by atoms with Gasteiger partial charge in [-0.15, -0.1) is 11.8 Å².